The summed E-state index contributed by atoms with van der Waals surface area (Å²) in [6, 6.07) is 7.19. The minimum absolute atomic E-state index is 0.332. The predicted molar refractivity (Wildman–Crippen MR) is 95.7 cm³/mol. The van der Waals surface area contributed by atoms with Crippen LogP contribution >= 0.6 is 0 Å². The van der Waals surface area contributed by atoms with E-state index < -0.39 is 12.2 Å². The van der Waals surface area contributed by atoms with Crippen molar-refractivity contribution in [1.29, 1.82) is 0 Å². The van der Waals surface area contributed by atoms with E-state index in [2.05, 4.69) is 18.7 Å². The SMILES string of the molecule is CCN(CC)c1ccc(N(C(=O)OC(C)C)C(=O)OC(C)C)cc1. The average Bonchev–Trinajstić information content (AvgIpc) is 2.48. The first-order valence-corrected chi connectivity index (χ1v) is 8.36. The van der Waals surface area contributed by atoms with Gasteiger partial charge in [0.05, 0.1) is 17.9 Å². The van der Waals surface area contributed by atoms with Crippen LogP contribution in [0.4, 0.5) is 21.0 Å². The third-order valence-electron chi connectivity index (χ3n) is 3.27. The summed E-state index contributed by atoms with van der Waals surface area (Å²) >= 11 is 0. The first kappa shape index (κ1) is 19.8. The molecule has 6 heteroatoms. The van der Waals surface area contributed by atoms with E-state index in [1.807, 2.05) is 12.1 Å². The van der Waals surface area contributed by atoms with Crippen LogP contribution in [0.15, 0.2) is 24.3 Å². The number of nitrogens with zero attached hydrogens (tertiary/aromatic N) is 2. The fourth-order valence-electron chi connectivity index (χ4n) is 2.20. The van der Waals surface area contributed by atoms with E-state index in [4.69, 9.17) is 9.47 Å². The van der Waals surface area contributed by atoms with Gasteiger partial charge in [-0.05, 0) is 65.8 Å². The van der Waals surface area contributed by atoms with Crippen molar-refractivity contribution in [2.75, 3.05) is 22.9 Å². The monoisotopic (exact) mass is 336 g/mol. The molecule has 0 unspecified atom stereocenters. The first-order valence-electron chi connectivity index (χ1n) is 8.36. The molecule has 24 heavy (non-hydrogen) atoms. The second kappa shape index (κ2) is 9.15. The van der Waals surface area contributed by atoms with Crippen LogP contribution in [0, 0.1) is 0 Å². The van der Waals surface area contributed by atoms with Crippen molar-refractivity contribution >= 4 is 23.6 Å². The second-order valence-corrected chi connectivity index (χ2v) is 5.89. The predicted octanol–water partition coefficient (Wildman–Crippen LogP) is 4.43. The summed E-state index contributed by atoms with van der Waals surface area (Å²) in [6.45, 7) is 12.8. The molecule has 0 radical (unpaired) electrons. The van der Waals surface area contributed by atoms with Gasteiger partial charge in [-0.25, -0.2) is 9.59 Å². The number of carbonyl (C=O) groups is 2. The summed E-state index contributed by atoms with van der Waals surface area (Å²) in [7, 11) is 0. The Morgan fingerprint density at radius 2 is 1.21 bits per heavy atom. The molecule has 0 saturated heterocycles. The minimum Gasteiger partial charge on any atom is -0.446 e. The van der Waals surface area contributed by atoms with Gasteiger partial charge in [0.2, 0.25) is 0 Å². The quantitative estimate of drug-likeness (QED) is 0.769. The molecule has 1 rings (SSSR count). The van der Waals surface area contributed by atoms with Crippen LogP contribution in [0.5, 0.6) is 0 Å². The van der Waals surface area contributed by atoms with Crippen molar-refractivity contribution < 1.29 is 19.1 Å². The molecule has 0 fully saturated rings. The summed E-state index contributed by atoms with van der Waals surface area (Å²) in [5.74, 6) is 0. The zero-order valence-electron chi connectivity index (χ0n) is 15.4. The molecule has 6 nitrogen and oxygen atoms in total. The number of benzene rings is 1. The van der Waals surface area contributed by atoms with Crippen LogP contribution in [-0.2, 0) is 9.47 Å². The molecular weight excluding hydrogens is 308 g/mol. The summed E-state index contributed by atoms with van der Waals surface area (Å²) in [6.07, 6.45) is -2.15. The van der Waals surface area contributed by atoms with Crippen molar-refractivity contribution in [3.8, 4) is 0 Å². The van der Waals surface area contributed by atoms with Crippen molar-refractivity contribution in [1.82, 2.24) is 0 Å². The number of amides is 2. The van der Waals surface area contributed by atoms with Crippen LogP contribution < -0.4 is 9.80 Å². The lowest BCUT2D eigenvalue weighted by atomic mass is 10.2. The molecule has 0 N–H and O–H groups in total. The maximum absolute atomic E-state index is 12.3. The highest BCUT2D eigenvalue weighted by Crippen LogP contribution is 2.23. The number of hydrogen-bond acceptors (Lipinski definition) is 5. The summed E-state index contributed by atoms with van der Waals surface area (Å²) < 4.78 is 10.3. The van der Waals surface area contributed by atoms with E-state index in [9.17, 15) is 9.59 Å². The zero-order chi connectivity index (χ0) is 18.3. The molecule has 0 atom stereocenters. The summed E-state index contributed by atoms with van der Waals surface area (Å²) in [4.78, 5) is 27.7. The normalized spacial score (nSPS) is 10.7. The number of ether oxygens (including phenoxy) is 2. The fraction of sp³-hybridized carbons (Fsp3) is 0.556. The number of carbonyl (C=O) groups excluding carboxylic acids is 2. The van der Waals surface area contributed by atoms with Crippen molar-refractivity contribution in [3.63, 3.8) is 0 Å². The fourth-order valence-corrected chi connectivity index (χ4v) is 2.20. The van der Waals surface area contributed by atoms with Crippen LogP contribution in [0.2, 0.25) is 0 Å². The van der Waals surface area contributed by atoms with E-state index in [0.717, 1.165) is 23.7 Å². The molecule has 0 heterocycles. The van der Waals surface area contributed by atoms with Gasteiger partial charge in [-0.3, -0.25) is 0 Å². The zero-order valence-corrected chi connectivity index (χ0v) is 15.4. The van der Waals surface area contributed by atoms with Gasteiger partial charge in [0.15, 0.2) is 0 Å². The summed E-state index contributed by atoms with van der Waals surface area (Å²) in [5.41, 5.74) is 1.44. The Balaban J connectivity index is 3.09. The van der Waals surface area contributed by atoms with Gasteiger partial charge in [0.1, 0.15) is 0 Å². The van der Waals surface area contributed by atoms with E-state index in [0.29, 0.717) is 5.69 Å². The van der Waals surface area contributed by atoms with E-state index >= 15 is 0 Å². The largest absolute Gasteiger partial charge is 0.446 e. The standard InChI is InChI=1S/C18H28N2O4/c1-7-19(8-2)15-9-11-16(12-10-15)20(17(21)23-13(3)4)18(22)24-14(5)6/h9-14H,7-8H2,1-6H3. The lowest BCUT2D eigenvalue weighted by Gasteiger charge is -2.24. The lowest BCUT2D eigenvalue weighted by molar-refractivity contribution is 0.104. The summed E-state index contributed by atoms with van der Waals surface area (Å²) in [5, 5.41) is 0. The van der Waals surface area contributed by atoms with Crippen molar-refractivity contribution in [2.45, 2.75) is 53.8 Å². The Labute approximate surface area is 144 Å². The molecule has 134 valence electrons. The first-order chi connectivity index (χ1) is 11.3. The molecule has 0 saturated carbocycles. The van der Waals surface area contributed by atoms with E-state index in [1.165, 1.54) is 0 Å². The molecule has 2 amide bonds. The molecule has 0 aromatic heterocycles. The molecule has 0 spiro atoms. The molecule has 0 aliphatic rings. The van der Waals surface area contributed by atoms with Gasteiger partial charge in [-0.15, -0.1) is 0 Å². The smallest absolute Gasteiger partial charge is 0.424 e. The molecule has 0 bridgehead atoms. The van der Waals surface area contributed by atoms with Gasteiger partial charge in [-0.2, -0.15) is 4.90 Å². The molecule has 0 aliphatic carbocycles. The highest BCUT2D eigenvalue weighted by Gasteiger charge is 2.28. The maximum atomic E-state index is 12.3. The number of imide groups is 1. The highest BCUT2D eigenvalue weighted by molar-refractivity contribution is 6.09. The van der Waals surface area contributed by atoms with Gasteiger partial charge in [0, 0.05) is 18.8 Å². The number of rotatable bonds is 6. The number of hydrogen-bond donors (Lipinski definition) is 0. The Morgan fingerprint density at radius 3 is 1.54 bits per heavy atom. The molecule has 0 aliphatic heterocycles. The minimum atomic E-state index is -0.744. The van der Waals surface area contributed by atoms with Crippen LogP contribution in [0.1, 0.15) is 41.5 Å². The Hall–Kier alpha value is -2.24. The molecule has 1 aromatic rings. The average molecular weight is 336 g/mol. The van der Waals surface area contributed by atoms with Gasteiger partial charge in [0.25, 0.3) is 0 Å². The van der Waals surface area contributed by atoms with Crippen molar-refractivity contribution in [3.05, 3.63) is 24.3 Å². The van der Waals surface area contributed by atoms with E-state index in [1.54, 1.807) is 39.8 Å². The van der Waals surface area contributed by atoms with E-state index in [-0.39, 0.29) is 12.2 Å². The maximum Gasteiger partial charge on any atom is 0.424 e. The second-order valence-electron chi connectivity index (χ2n) is 5.89. The van der Waals surface area contributed by atoms with Crippen LogP contribution in [0.3, 0.4) is 0 Å². The third kappa shape index (κ3) is 5.44. The number of anilines is 2. The van der Waals surface area contributed by atoms with Crippen LogP contribution in [-0.4, -0.2) is 37.5 Å². The molecule has 1 aromatic carbocycles. The Morgan fingerprint density at radius 1 is 0.833 bits per heavy atom. The third-order valence-corrected chi connectivity index (χ3v) is 3.27. The van der Waals surface area contributed by atoms with Gasteiger partial charge in [-0.1, -0.05) is 0 Å². The Kier molecular flexibility index (Phi) is 7.55. The van der Waals surface area contributed by atoms with Crippen LogP contribution in [0.25, 0.3) is 0 Å². The topological polar surface area (TPSA) is 59.1 Å². The van der Waals surface area contributed by atoms with Gasteiger partial charge >= 0.3 is 12.2 Å². The molecular formula is C18H28N2O4. The Bertz CT molecular complexity index is 514. The highest BCUT2D eigenvalue weighted by atomic mass is 16.6. The lowest BCUT2D eigenvalue weighted by Crippen LogP contribution is -2.40. The van der Waals surface area contributed by atoms with Crippen molar-refractivity contribution in [2.24, 2.45) is 0 Å². The van der Waals surface area contributed by atoms with Gasteiger partial charge < -0.3 is 14.4 Å².